The van der Waals surface area contributed by atoms with Crippen molar-refractivity contribution in [1.82, 2.24) is 0 Å². The van der Waals surface area contributed by atoms with Gasteiger partial charge in [-0.05, 0) is 54.7 Å². The highest BCUT2D eigenvalue weighted by molar-refractivity contribution is 8.00. The average Bonchev–Trinajstić information content (AvgIpc) is 2.62. The van der Waals surface area contributed by atoms with Crippen LogP contribution in [-0.4, -0.2) is 13.7 Å². The first-order valence-corrected chi connectivity index (χ1v) is 11.1. The second-order valence-corrected chi connectivity index (χ2v) is 10.0. The van der Waals surface area contributed by atoms with Crippen molar-refractivity contribution in [1.29, 1.82) is 0 Å². The highest BCUT2D eigenvalue weighted by Crippen LogP contribution is 2.29. The van der Waals surface area contributed by atoms with Gasteiger partial charge in [0, 0.05) is 10.1 Å². The number of hydrogen-bond acceptors (Lipinski definition) is 2. The summed E-state index contributed by atoms with van der Waals surface area (Å²) in [4.78, 5) is 1.32. The van der Waals surface area contributed by atoms with Crippen LogP contribution >= 0.6 is 0 Å². The smallest absolute Gasteiger partial charge is 0.199 e. The van der Waals surface area contributed by atoms with E-state index >= 15 is 0 Å². The van der Waals surface area contributed by atoms with Gasteiger partial charge in [0.15, 0.2) is 0 Å². The fourth-order valence-corrected chi connectivity index (χ4v) is 7.11. The Morgan fingerprint density at radius 3 is 2.17 bits per heavy atom. The number of rotatable bonds is 4. The highest BCUT2D eigenvalue weighted by atomic mass is 32.3. The fourth-order valence-electron chi connectivity index (χ4n) is 3.00. The van der Waals surface area contributed by atoms with E-state index in [9.17, 15) is 8.42 Å². The lowest BCUT2D eigenvalue weighted by atomic mass is 10.0. The van der Waals surface area contributed by atoms with Crippen LogP contribution in [0, 0.1) is 6.92 Å². The third-order valence-corrected chi connectivity index (χ3v) is 8.50. The largest absolute Gasteiger partial charge is 0.288 e. The SMILES string of the molecule is Cc1ccc(S(=O)(=O)/N=S(/c2ccccc2)C2CCCCC2)cc1. The van der Waals surface area contributed by atoms with Gasteiger partial charge in [-0.1, -0.05) is 55.2 Å². The second-order valence-electron chi connectivity index (χ2n) is 6.25. The molecule has 1 saturated carbocycles. The molecule has 0 aromatic heterocycles. The van der Waals surface area contributed by atoms with E-state index in [2.05, 4.69) is 3.77 Å². The maximum absolute atomic E-state index is 12.8. The molecule has 128 valence electrons. The molecular formula is C19H23NO2S2. The summed E-state index contributed by atoms with van der Waals surface area (Å²) in [5.41, 5.74) is 1.04. The van der Waals surface area contributed by atoms with Crippen LogP contribution in [-0.2, 0) is 20.7 Å². The van der Waals surface area contributed by atoms with Gasteiger partial charge in [-0.2, -0.15) is 8.42 Å². The van der Waals surface area contributed by atoms with Crippen LogP contribution in [0.3, 0.4) is 0 Å². The van der Waals surface area contributed by atoms with Crippen molar-refractivity contribution in [2.24, 2.45) is 3.77 Å². The Labute approximate surface area is 147 Å². The van der Waals surface area contributed by atoms with Crippen molar-refractivity contribution in [3.8, 4) is 0 Å². The van der Waals surface area contributed by atoms with E-state index < -0.39 is 20.7 Å². The van der Waals surface area contributed by atoms with E-state index in [-0.39, 0.29) is 4.90 Å². The Kier molecular flexibility index (Phi) is 5.51. The predicted octanol–water partition coefficient (Wildman–Crippen LogP) is 4.88. The molecule has 0 amide bonds. The summed E-state index contributed by atoms with van der Waals surface area (Å²) in [6, 6.07) is 16.9. The van der Waals surface area contributed by atoms with Gasteiger partial charge in [0.25, 0.3) is 10.0 Å². The third kappa shape index (κ3) is 4.14. The summed E-state index contributed by atoms with van der Waals surface area (Å²) in [7, 11) is -4.25. The van der Waals surface area contributed by atoms with Crippen LogP contribution in [0.15, 0.2) is 68.2 Å². The molecule has 0 heterocycles. The molecule has 0 aliphatic heterocycles. The molecule has 1 aliphatic carbocycles. The quantitative estimate of drug-likeness (QED) is 0.779. The Balaban J connectivity index is 2.03. The first-order chi connectivity index (χ1) is 11.6. The van der Waals surface area contributed by atoms with Gasteiger partial charge in [0.2, 0.25) is 0 Å². The summed E-state index contributed by atoms with van der Waals surface area (Å²) < 4.78 is 30.0. The van der Waals surface area contributed by atoms with Crippen LogP contribution in [0.25, 0.3) is 0 Å². The van der Waals surface area contributed by atoms with Gasteiger partial charge in [0.05, 0.1) is 4.90 Å². The van der Waals surface area contributed by atoms with E-state index in [4.69, 9.17) is 0 Å². The van der Waals surface area contributed by atoms with Crippen molar-refractivity contribution < 1.29 is 8.42 Å². The Bertz CT molecular complexity index is 806. The molecule has 1 fully saturated rings. The number of sulfonamides is 1. The lowest BCUT2D eigenvalue weighted by molar-refractivity contribution is 0.514. The topological polar surface area (TPSA) is 46.5 Å². The zero-order valence-electron chi connectivity index (χ0n) is 13.9. The number of aryl methyl sites for hydroxylation is 1. The summed E-state index contributed by atoms with van der Waals surface area (Å²) in [5, 5.41) is 0.335. The first-order valence-electron chi connectivity index (χ1n) is 8.39. The molecule has 5 heteroatoms. The molecule has 1 aliphatic rings. The molecule has 2 aromatic rings. The molecule has 24 heavy (non-hydrogen) atoms. The second kappa shape index (κ2) is 7.62. The zero-order valence-corrected chi connectivity index (χ0v) is 15.5. The van der Waals surface area contributed by atoms with Gasteiger partial charge < -0.3 is 0 Å². The van der Waals surface area contributed by atoms with E-state index in [1.807, 2.05) is 49.4 Å². The predicted molar refractivity (Wildman–Crippen MR) is 99.7 cm³/mol. The number of benzene rings is 2. The molecule has 0 spiro atoms. The van der Waals surface area contributed by atoms with Gasteiger partial charge in [-0.3, -0.25) is 0 Å². The van der Waals surface area contributed by atoms with Crippen molar-refractivity contribution in [3.63, 3.8) is 0 Å². The van der Waals surface area contributed by atoms with Crippen molar-refractivity contribution in [2.75, 3.05) is 0 Å². The monoisotopic (exact) mass is 361 g/mol. The van der Waals surface area contributed by atoms with Crippen LogP contribution in [0.4, 0.5) is 0 Å². The minimum absolute atomic E-state index is 0.289. The van der Waals surface area contributed by atoms with Crippen molar-refractivity contribution in [3.05, 3.63) is 60.2 Å². The van der Waals surface area contributed by atoms with Crippen LogP contribution in [0.2, 0.25) is 0 Å². The molecule has 3 nitrogen and oxygen atoms in total. The summed E-state index contributed by atoms with van der Waals surface area (Å²) >= 11 is 0. The lowest BCUT2D eigenvalue weighted by Gasteiger charge is -2.24. The Hall–Kier alpha value is -1.46. The molecular weight excluding hydrogens is 338 g/mol. The van der Waals surface area contributed by atoms with Gasteiger partial charge >= 0.3 is 0 Å². The van der Waals surface area contributed by atoms with Gasteiger partial charge in [-0.25, -0.2) is 0 Å². The van der Waals surface area contributed by atoms with E-state index in [1.54, 1.807) is 12.1 Å². The van der Waals surface area contributed by atoms with E-state index in [0.29, 0.717) is 5.25 Å². The lowest BCUT2D eigenvalue weighted by Crippen LogP contribution is -2.19. The standard InChI is InChI=1S/C19H23NO2S2/c1-16-12-14-19(15-13-16)24(21,22)20-23(17-8-4-2-5-9-17)18-10-6-3-7-11-18/h2,4-5,8-9,12-15,18H,3,6-7,10-11H2,1H3. The molecule has 0 bridgehead atoms. The fraction of sp³-hybridized carbons (Fsp3) is 0.368. The molecule has 2 aromatic carbocycles. The highest BCUT2D eigenvalue weighted by Gasteiger charge is 2.23. The van der Waals surface area contributed by atoms with Crippen LogP contribution in [0.1, 0.15) is 37.7 Å². The maximum atomic E-state index is 12.8. The normalized spacial score (nSPS) is 17.7. The Morgan fingerprint density at radius 2 is 1.54 bits per heavy atom. The van der Waals surface area contributed by atoms with Gasteiger partial charge in [0.1, 0.15) is 0 Å². The molecule has 1 unspecified atom stereocenters. The van der Waals surface area contributed by atoms with Crippen molar-refractivity contribution >= 4 is 20.7 Å². The first kappa shape index (κ1) is 17.4. The summed E-state index contributed by atoms with van der Waals surface area (Å²) in [6.07, 6.45) is 5.70. The zero-order chi connectivity index (χ0) is 17.0. The van der Waals surface area contributed by atoms with Gasteiger partial charge in [-0.15, -0.1) is 3.77 Å². The van der Waals surface area contributed by atoms with Crippen molar-refractivity contribution in [2.45, 2.75) is 54.1 Å². The minimum atomic E-state index is -3.64. The van der Waals surface area contributed by atoms with E-state index in [0.717, 1.165) is 23.3 Å². The summed E-state index contributed by atoms with van der Waals surface area (Å²) in [6.45, 7) is 1.95. The molecule has 0 saturated heterocycles. The average molecular weight is 362 g/mol. The molecule has 0 radical (unpaired) electrons. The van der Waals surface area contributed by atoms with Crippen LogP contribution < -0.4 is 0 Å². The third-order valence-electron chi connectivity index (χ3n) is 4.35. The van der Waals surface area contributed by atoms with E-state index in [1.165, 1.54) is 19.3 Å². The molecule has 0 N–H and O–H groups in total. The number of hydrogen-bond donors (Lipinski definition) is 0. The molecule has 3 rings (SSSR count). The maximum Gasteiger partial charge on any atom is 0.288 e. The minimum Gasteiger partial charge on any atom is -0.199 e. The molecule has 1 atom stereocenters. The Morgan fingerprint density at radius 1 is 0.917 bits per heavy atom. The summed E-state index contributed by atoms with van der Waals surface area (Å²) in [5.74, 6) is 0. The number of nitrogens with zero attached hydrogens (tertiary/aromatic N) is 1. The van der Waals surface area contributed by atoms with Crippen LogP contribution in [0.5, 0.6) is 0 Å².